The zero-order chi connectivity index (χ0) is 14.7. The van der Waals surface area contributed by atoms with Gasteiger partial charge in [-0.05, 0) is 25.1 Å². The van der Waals surface area contributed by atoms with E-state index in [-0.39, 0.29) is 0 Å². The smallest absolute Gasteiger partial charge is 0.142 e. The van der Waals surface area contributed by atoms with Gasteiger partial charge in [0.2, 0.25) is 0 Å². The van der Waals surface area contributed by atoms with Crippen molar-refractivity contribution in [1.82, 2.24) is 10.2 Å². The third-order valence-corrected chi connectivity index (χ3v) is 3.28. The molecule has 0 aliphatic heterocycles. The molecule has 3 rings (SSSR count). The molecule has 0 radical (unpaired) electrons. The van der Waals surface area contributed by atoms with Crippen molar-refractivity contribution in [2.45, 2.75) is 13.5 Å². The number of hydrogen-bond donors (Lipinski definition) is 2. The van der Waals surface area contributed by atoms with Crippen LogP contribution in [0.1, 0.15) is 11.3 Å². The van der Waals surface area contributed by atoms with E-state index >= 15 is 0 Å². The summed E-state index contributed by atoms with van der Waals surface area (Å²) >= 11 is 0. The van der Waals surface area contributed by atoms with Crippen molar-refractivity contribution in [3.63, 3.8) is 0 Å². The summed E-state index contributed by atoms with van der Waals surface area (Å²) in [6.07, 6.45) is 0. The zero-order valence-electron chi connectivity index (χ0n) is 11.8. The van der Waals surface area contributed by atoms with Crippen LogP contribution in [0, 0.1) is 6.92 Å². The molecule has 0 aliphatic rings. The molecule has 1 aromatic heterocycles. The first-order valence-corrected chi connectivity index (χ1v) is 6.81. The lowest BCUT2D eigenvalue weighted by molar-refractivity contribution is 0.303. The fourth-order valence-electron chi connectivity index (χ4n) is 2.08. The SMILES string of the molecule is Cc1ccc(-c2cc(COc3ccccc3N)[nH]n2)cc1. The molecule has 3 N–H and O–H groups in total. The maximum Gasteiger partial charge on any atom is 0.142 e. The van der Waals surface area contributed by atoms with Gasteiger partial charge in [0.15, 0.2) is 0 Å². The zero-order valence-corrected chi connectivity index (χ0v) is 11.8. The molecule has 0 amide bonds. The molecule has 3 aromatic rings. The third kappa shape index (κ3) is 3.05. The summed E-state index contributed by atoms with van der Waals surface area (Å²) in [5.41, 5.74) is 10.6. The van der Waals surface area contributed by atoms with Crippen molar-refractivity contribution in [2.24, 2.45) is 0 Å². The molecule has 0 aliphatic carbocycles. The number of aromatic nitrogens is 2. The molecule has 2 aromatic carbocycles. The van der Waals surface area contributed by atoms with Crippen LogP contribution in [0.3, 0.4) is 0 Å². The van der Waals surface area contributed by atoms with E-state index in [0.29, 0.717) is 18.0 Å². The van der Waals surface area contributed by atoms with Gasteiger partial charge in [-0.2, -0.15) is 5.10 Å². The van der Waals surface area contributed by atoms with Crippen LogP contribution in [0.2, 0.25) is 0 Å². The predicted molar refractivity (Wildman–Crippen MR) is 83.9 cm³/mol. The Morgan fingerprint density at radius 2 is 1.86 bits per heavy atom. The van der Waals surface area contributed by atoms with E-state index < -0.39 is 0 Å². The Bertz CT molecular complexity index is 732. The summed E-state index contributed by atoms with van der Waals surface area (Å²) in [6, 6.07) is 17.7. The number of rotatable bonds is 4. The number of nitrogens with one attached hydrogen (secondary N) is 1. The standard InChI is InChI=1S/C17H17N3O/c1-12-6-8-13(9-7-12)16-10-14(19-20-16)11-21-17-5-3-2-4-15(17)18/h2-10H,11,18H2,1H3,(H,19,20). The molecule has 0 fully saturated rings. The number of benzene rings is 2. The highest BCUT2D eigenvalue weighted by Crippen LogP contribution is 2.22. The molecule has 0 saturated heterocycles. The molecule has 4 nitrogen and oxygen atoms in total. The van der Waals surface area contributed by atoms with Gasteiger partial charge in [-0.3, -0.25) is 5.10 Å². The average molecular weight is 279 g/mol. The molecule has 0 unspecified atom stereocenters. The van der Waals surface area contributed by atoms with Crippen LogP contribution in [0.4, 0.5) is 5.69 Å². The minimum absolute atomic E-state index is 0.410. The van der Waals surface area contributed by atoms with Crippen LogP contribution in [0.25, 0.3) is 11.3 Å². The van der Waals surface area contributed by atoms with E-state index in [1.807, 2.05) is 30.3 Å². The summed E-state index contributed by atoms with van der Waals surface area (Å²) in [4.78, 5) is 0. The number of nitrogen functional groups attached to an aromatic ring is 1. The quantitative estimate of drug-likeness (QED) is 0.718. The molecular formula is C17H17N3O. The molecule has 0 atom stereocenters. The minimum atomic E-state index is 0.410. The van der Waals surface area contributed by atoms with Gasteiger partial charge in [0, 0.05) is 5.56 Å². The highest BCUT2D eigenvalue weighted by molar-refractivity contribution is 5.59. The minimum Gasteiger partial charge on any atom is -0.485 e. The molecule has 4 heteroatoms. The Hall–Kier alpha value is -2.75. The summed E-state index contributed by atoms with van der Waals surface area (Å²) in [6.45, 7) is 2.48. The fraction of sp³-hybridized carbons (Fsp3) is 0.118. The largest absolute Gasteiger partial charge is 0.485 e. The second kappa shape index (κ2) is 5.71. The van der Waals surface area contributed by atoms with Gasteiger partial charge in [0.25, 0.3) is 0 Å². The van der Waals surface area contributed by atoms with E-state index in [1.165, 1.54) is 5.56 Å². The molecule has 0 spiro atoms. The number of anilines is 1. The first-order chi connectivity index (χ1) is 10.2. The van der Waals surface area contributed by atoms with Crippen molar-refractivity contribution in [2.75, 3.05) is 5.73 Å². The number of aryl methyl sites for hydroxylation is 1. The van der Waals surface area contributed by atoms with Crippen LogP contribution < -0.4 is 10.5 Å². The number of para-hydroxylation sites is 2. The number of aromatic amines is 1. The van der Waals surface area contributed by atoms with Gasteiger partial charge in [-0.25, -0.2) is 0 Å². The summed E-state index contributed by atoms with van der Waals surface area (Å²) in [7, 11) is 0. The molecule has 0 bridgehead atoms. The van der Waals surface area contributed by atoms with Gasteiger partial charge in [-0.1, -0.05) is 42.0 Å². The Labute approximate surface area is 123 Å². The van der Waals surface area contributed by atoms with Crippen LogP contribution in [-0.4, -0.2) is 10.2 Å². The average Bonchev–Trinajstić information content (AvgIpc) is 2.96. The van der Waals surface area contributed by atoms with Gasteiger partial charge in [0.05, 0.1) is 17.1 Å². The lowest BCUT2D eigenvalue weighted by Crippen LogP contribution is -1.98. The monoisotopic (exact) mass is 279 g/mol. The Morgan fingerprint density at radius 3 is 2.62 bits per heavy atom. The van der Waals surface area contributed by atoms with Gasteiger partial charge in [0.1, 0.15) is 12.4 Å². The van der Waals surface area contributed by atoms with Crippen molar-refractivity contribution in [1.29, 1.82) is 0 Å². The number of nitrogens with two attached hydrogens (primary N) is 1. The number of H-pyrrole nitrogens is 1. The van der Waals surface area contributed by atoms with Crippen molar-refractivity contribution in [3.05, 3.63) is 65.9 Å². The van der Waals surface area contributed by atoms with E-state index in [1.54, 1.807) is 0 Å². The Morgan fingerprint density at radius 1 is 1.10 bits per heavy atom. The van der Waals surface area contributed by atoms with E-state index in [4.69, 9.17) is 10.5 Å². The van der Waals surface area contributed by atoms with Crippen LogP contribution >= 0.6 is 0 Å². The highest BCUT2D eigenvalue weighted by Gasteiger charge is 2.05. The van der Waals surface area contributed by atoms with Crippen LogP contribution in [0.5, 0.6) is 5.75 Å². The normalized spacial score (nSPS) is 10.5. The highest BCUT2D eigenvalue weighted by atomic mass is 16.5. The summed E-state index contributed by atoms with van der Waals surface area (Å²) < 4.78 is 5.69. The fourth-order valence-corrected chi connectivity index (χ4v) is 2.08. The van der Waals surface area contributed by atoms with Crippen LogP contribution in [0.15, 0.2) is 54.6 Å². The molecule has 21 heavy (non-hydrogen) atoms. The van der Waals surface area contributed by atoms with Gasteiger partial charge in [-0.15, -0.1) is 0 Å². The van der Waals surface area contributed by atoms with Crippen molar-refractivity contribution < 1.29 is 4.74 Å². The number of ether oxygens (including phenoxy) is 1. The van der Waals surface area contributed by atoms with Crippen LogP contribution in [-0.2, 0) is 6.61 Å². The maximum atomic E-state index is 5.84. The number of hydrogen-bond acceptors (Lipinski definition) is 3. The molecular weight excluding hydrogens is 262 g/mol. The third-order valence-electron chi connectivity index (χ3n) is 3.28. The molecule has 106 valence electrons. The Kier molecular flexibility index (Phi) is 3.60. The topological polar surface area (TPSA) is 63.9 Å². The molecule has 0 saturated carbocycles. The lowest BCUT2D eigenvalue weighted by atomic mass is 10.1. The summed E-state index contributed by atoms with van der Waals surface area (Å²) in [5, 5.41) is 7.31. The lowest BCUT2D eigenvalue weighted by Gasteiger charge is -2.06. The second-order valence-corrected chi connectivity index (χ2v) is 4.97. The van der Waals surface area contributed by atoms with Gasteiger partial charge < -0.3 is 10.5 Å². The van der Waals surface area contributed by atoms with Crippen molar-refractivity contribution >= 4 is 5.69 Å². The second-order valence-electron chi connectivity index (χ2n) is 4.97. The van der Waals surface area contributed by atoms with Gasteiger partial charge >= 0.3 is 0 Å². The summed E-state index contributed by atoms with van der Waals surface area (Å²) in [5.74, 6) is 0.684. The van der Waals surface area contributed by atoms with E-state index in [0.717, 1.165) is 17.0 Å². The first kappa shape index (κ1) is 13.2. The predicted octanol–water partition coefficient (Wildman–Crippen LogP) is 3.55. The van der Waals surface area contributed by atoms with Crippen molar-refractivity contribution in [3.8, 4) is 17.0 Å². The molecule has 1 heterocycles. The first-order valence-electron chi connectivity index (χ1n) is 6.81. The van der Waals surface area contributed by atoms with E-state index in [2.05, 4.69) is 41.4 Å². The van der Waals surface area contributed by atoms with E-state index in [9.17, 15) is 0 Å². The maximum absolute atomic E-state index is 5.84. The number of nitrogens with zero attached hydrogens (tertiary/aromatic N) is 1. The Balaban J connectivity index is 1.71.